The molecule has 0 aromatic heterocycles. The van der Waals surface area contributed by atoms with Gasteiger partial charge in [-0.2, -0.15) is 10.0 Å². The monoisotopic (exact) mass is 587 g/mol. The molecule has 0 radical (unpaired) electrons. The maximum Gasteiger partial charge on any atom is 0.346 e. The summed E-state index contributed by atoms with van der Waals surface area (Å²) in [7, 11) is 0. The molecule has 3 aromatic rings. The number of urea groups is 2. The second kappa shape index (κ2) is 10.9. The molecule has 5 amide bonds. The van der Waals surface area contributed by atoms with Crippen molar-refractivity contribution in [3.05, 3.63) is 87.3 Å². The van der Waals surface area contributed by atoms with Crippen LogP contribution in [0.4, 0.5) is 26.7 Å². The normalized spacial score (nSPS) is 10.6. The lowest BCUT2D eigenvalue weighted by molar-refractivity contribution is -0.113. The molecule has 0 aliphatic heterocycles. The van der Waals surface area contributed by atoms with Gasteiger partial charge in [0.05, 0.1) is 11.4 Å². The number of rotatable bonds is 5. The van der Waals surface area contributed by atoms with Crippen LogP contribution in [0.1, 0.15) is 5.56 Å². The number of carbonyl (C=O) groups excluding carboxylic acids is 3. The van der Waals surface area contributed by atoms with E-state index in [1.54, 1.807) is 48.5 Å². The number of hydrogen-bond donors (Lipinski definition) is 4. The second-order valence-electron chi connectivity index (χ2n) is 6.81. The van der Waals surface area contributed by atoms with Crippen LogP contribution in [0.15, 0.2) is 81.8 Å². The van der Waals surface area contributed by atoms with E-state index in [9.17, 15) is 19.5 Å². The van der Waals surface area contributed by atoms with Gasteiger partial charge in [0.15, 0.2) is 0 Å². The number of para-hydroxylation sites is 2. The number of nitrogens with one attached hydrogen (secondary N) is 1. The van der Waals surface area contributed by atoms with Gasteiger partial charge in [0.2, 0.25) is 5.91 Å². The first-order valence-electron chi connectivity index (χ1n) is 9.69. The number of aromatic hydroxyl groups is 1. The molecule has 0 aliphatic rings. The Kier molecular flexibility index (Phi) is 7.92. The molecule has 0 aliphatic carbocycles. The summed E-state index contributed by atoms with van der Waals surface area (Å²) >= 11 is 6.73. The van der Waals surface area contributed by atoms with E-state index >= 15 is 0 Å². The average molecular weight is 589 g/mol. The minimum atomic E-state index is -0.980. The Hall–Kier alpha value is -3.83. The Balaban J connectivity index is 2.14. The van der Waals surface area contributed by atoms with E-state index in [2.05, 4.69) is 37.2 Å². The van der Waals surface area contributed by atoms with Gasteiger partial charge in [0, 0.05) is 15.0 Å². The van der Waals surface area contributed by atoms with Crippen molar-refractivity contribution in [1.29, 1.82) is 0 Å². The number of anilines is 3. The third-order valence-electron chi connectivity index (χ3n) is 4.46. The Labute approximate surface area is 211 Å². The summed E-state index contributed by atoms with van der Waals surface area (Å²) in [6, 6.07) is 16.0. The van der Waals surface area contributed by atoms with E-state index in [0.717, 1.165) is 16.1 Å². The maximum absolute atomic E-state index is 13.5. The SMILES string of the molecule is NC(=O)/C=C/c1ccc(N(C(=O)Nc2ccccc2Br)N(C(N)=O)c2ccccc2Br)c(O)c1. The lowest BCUT2D eigenvalue weighted by Crippen LogP contribution is -2.54. The highest BCUT2D eigenvalue weighted by atomic mass is 79.9. The molecule has 0 saturated heterocycles. The van der Waals surface area contributed by atoms with Crippen molar-refractivity contribution in [3.63, 3.8) is 0 Å². The molecule has 3 rings (SSSR count). The van der Waals surface area contributed by atoms with Crippen LogP contribution in [0.5, 0.6) is 5.75 Å². The van der Waals surface area contributed by atoms with Gasteiger partial charge in [-0.1, -0.05) is 30.3 Å². The fraction of sp³-hybridized carbons (Fsp3) is 0. The lowest BCUT2D eigenvalue weighted by Gasteiger charge is -2.34. The molecule has 34 heavy (non-hydrogen) atoms. The first-order valence-corrected chi connectivity index (χ1v) is 11.3. The summed E-state index contributed by atoms with van der Waals surface area (Å²) in [4.78, 5) is 37.1. The highest BCUT2D eigenvalue weighted by Gasteiger charge is 2.31. The Morgan fingerprint density at radius 3 is 2.09 bits per heavy atom. The zero-order chi connectivity index (χ0) is 24.8. The Bertz CT molecular complexity index is 1280. The summed E-state index contributed by atoms with van der Waals surface area (Å²) in [6.45, 7) is 0. The summed E-state index contributed by atoms with van der Waals surface area (Å²) in [6.07, 6.45) is 2.53. The van der Waals surface area contributed by atoms with Crippen molar-refractivity contribution < 1.29 is 19.5 Å². The van der Waals surface area contributed by atoms with Crippen LogP contribution in [-0.4, -0.2) is 23.1 Å². The fourth-order valence-electron chi connectivity index (χ4n) is 2.99. The van der Waals surface area contributed by atoms with Gasteiger partial charge >= 0.3 is 12.1 Å². The predicted molar refractivity (Wildman–Crippen MR) is 138 cm³/mol. The van der Waals surface area contributed by atoms with Gasteiger partial charge in [-0.15, -0.1) is 0 Å². The number of primary amides is 2. The molecule has 3 aromatic carbocycles. The number of nitrogens with two attached hydrogens (primary N) is 2. The van der Waals surface area contributed by atoms with Crippen LogP contribution >= 0.6 is 31.9 Å². The molecule has 174 valence electrons. The highest BCUT2D eigenvalue weighted by molar-refractivity contribution is 9.11. The fourth-order valence-corrected chi connectivity index (χ4v) is 3.83. The predicted octanol–water partition coefficient (Wildman–Crippen LogP) is 4.95. The lowest BCUT2D eigenvalue weighted by atomic mass is 10.1. The number of halogens is 2. The van der Waals surface area contributed by atoms with Gasteiger partial charge < -0.3 is 21.9 Å². The van der Waals surface area contributed by atoms with Crippen LogP contribution < -0.4 is 26.8 Å². The number of nitrogens with zero attached hydrogens (tertiary/aromatic N) is 2. The van der Waals surface area contributed by atoms with Crippen molar-refractivity contribution in [2.24, 2.45) is 11.5 Å². The van der Waals surface area contributed by atoms with E-state index < -0.39 is 18.0 Å². The number of benzene rings is 3. The summed E-state index contributed by atoms with van der Waals surface area (Å²) < 4.78 is 1.08. The van der Waals surface area contributed by atoms with E-state index in [1.165, 1.54) is 24.3 Å². The van der Waals surface area contributed by atoms with Crippen LogP contribution in [0, 0.1) is 0 Å². The topological polar surface area (TPSA) is 142 Å². The van der Waals surface area contributed by atoms with Gasteiger partial charge in [-0.05, 0) is 79.9 Å². The minimum Gasteiger partial charge on any atom is -0.506 e. The molecule has 0 heterocycles. The average Bonchev–Trinajstić information content (AvgIpc) is 2.78. The van der Waals surface area contributed by atoms with Crippen molar-refractivity contribution >= 4 is 73.0 Å². The highest BCUT2D eigenvalue weighted by Crippen LogP contribution is 2.35. The third kappa shape index (κ3) is 5.74. The molecule has 0 saturated carbocycles. The van der Waals surface area contributed by atoms with Gasteiger partial charge in [0.1, 0.15) is 11.4 Å². The van der Waals surface area contributed by atoms with E-state index in [4.69, 9.17) is 11.5 Å². The molecular formula is C23H19Br2N5O4. The summed E-state index contributed by atoms with van der Waals surface area (Å²) in [5.74, 6) is -1.01. The van der Waals surface area contributed by atoms with E-state index in [1.807, 2.05) is 0 Å². The van der Waals surface area contributed by atoms with Crippen molar-refractivity contribution in [2.75, 3.05) is 15.3 Å². The van der Waals surface area contributed by atoms with Gasteiger partial charge in [-0.3, -0.25) is 4.79 Å². The molecule has 0 fully saturated rings. The Morgan fingerprint density at radius 2 is 1.50 bits per heavy atom. The van der Waals surface area contributed by atoms with Crippen LogP contribution in [0.3, 0.4) is 0 Å². The quantitative estimate of drug-likeness (QED) is 0.247. The number of phenols is 1. The van der Waals surface area contributed by atoms with E-state index in [-0.39, 0.29) is 17.1 Å². The van der Waals surface area contributed by atoms with Gasteiger partial charge in [-0.25, -0.2) is 9.59 Å². The molecular weight excluding hydrogens is 570 g/mol. The zero-order valence-electron chi connectivity index (χ0n) is 17.5. The largest absolute Gasteiger partial charge is 0.506 e. The number of hydrogen-bond acceptors (Lipinski definition) is 4. The zero-order valence-corrected chi connectivity index (χ0v) is 20.7. The smallest absolute Gasteiger partial charge is 0.346 e. The van der Waals surface area contributed by atoms with Crippen molar-refractivity contribution in [1.82, 2.24) is 0 Å². The van der Waals surface area contributed by atoms with Crippen LogP contribution in [0.2, 0.25) is 0 Å². The number of carbonyl (C=O) groups is 3. The first-order chi connectivity index (χ1) is 16.2. The summed E-state index contributed by atoms with van der Waals surface area (Å²) in [5, 5.41) is 15.3. The van der Waals surface area contributed by atoms with Crippen molar-refractivity contribution in [2.45, 2.75) is 0 Å². The minimum absolute atomic E-state index is 0.0460. The molecule has 0 spiro atoms. The molecule has 0 bridgehead atoms. The second-order valence-corrected chi connectivity index (χ2v) is 8.52. The molecule has 6 N–H and O–H groups in total. The molecule has 0 atom stereocenters. The van der Waals surface area contributed by atoms with Gasteiger partial charge in [0.25, 0.3) is 0 Å². The summed E-state index contributed by atoms with van der Waals surface area (Å²) in [5.41, 5.74) is 11.9. The number of hydrazine groups is 1. The first kappa shape index (κ1) is 24.8. The molecule has 11 heteroatoms. The molecule has 9 nitrogen and oxygen atoms in total. The molecule has 0 unspecified atom stereocenters. The Morgan fingerprint density at radius 1 is 0.853 bits per heavy atom. The van der Waals surface area contributed by atoms with Crippen LogP contribution in [0.25, 0.3) is 6.08 Å². The van der Waals surface area contributed by atoms with E-state index in [0.29, 0.717) is 20.2 Å². The standard InChI is InChI=1S/C23H19Br2N5O4/c24-15-5-1-3-7-17(15)28-23(34)30(29(22(27)33)18-8-4-2-6-16(18)25)19-11-9-14(13-20(19)31)10-12-21(26)32/h1-13,31H,(H2,26,32)(H2,27,33)(H,28,34)/b12-10+. The number of amides is 5. The van der Waals surface area contributed by atoms with Crippen molar-refractivity contribution in [3.8, 4) is 5.75 Å². The number of phenolic OH excluding ortho intramolecular Hbond substituents is 1. The third-order valence-corrected chi connectivity index (χ3v) is 5.83. The van der Waals surface area contributed by atoms with Crippen LogP contribution in [-0.2, 0) is 4.79 Å². The maximum atomic E-state index is 13.5.